The summed E-state index contributed by atoms with van der Waals surface area (Å²) in [5.41, 5.74) is -0.197. The van der Waals surface area contributed by atoms with Crippen LogP contribution in [0.5, 0.6) is 0 Å². The fourth-order valence-electron chi connectivity index (χ4n) is 2.67. The summed E-state index contributed by atoms with van der Waals surface area (Å²) >= 11 is 0. The summed E-state index contributed by atoms with van der Waals surface area (Å²) in [5.74, 6) is 5.68. The Balaban J connectivity index is 2.13. The van der Waals surface area contributed by atoms with Crippen LogP contribution >= 0.6 is 0 Å². The molecule has 3 rings (SSSR count). The van der Waals surface area contributed by atoms with E-state index < -0.39 is 10.5 Å². The van der Waals surface area contributed by atoms with E-state index in [1.54, 1.807) is 48.5 Å². The molecule has 0 unspecified atom stereocenters. The Morgan fingerprint density at radius 3 is 1.93 bits per heavy atom. The van der Waals surface area contributed by atoms with Gasteiger partial charge in [0.15, 0.2) is 5.60 Å². The first-order chi connectivity index (χ1) is 13.0. The maximum absolute atomic E-state index is 11.4. The van der Waals surface area contributed by atoms with Gasteiger partial charge in [0.2, 0.25) is 0 Å². The van der Waals surface area contributed by atoms with Crippen LogP contribution in [0.4, 0.5) is 5.69 Å². The van der Waals surface area contributed by atoms with Crippen molar-refractivity contribution in [3.63, 3.8) is 0 Å². The molecule has 3 aromatic rings. The van der Waals surface area contributed by atoms with E-state index in [1.807, 2.05) is 18.2 Å². The van der Waals surface area contributed by atoms with Gasteiger partial charge in [-0.1, -0.05) is 72.5 Å². The highest BCUT2D eigenvalue weighted by Gasteiger charge is 2.29. The lowest BCUT2D eigenvalue weighted by molar-refractivity contribution is -0.384. The minimum absolute atomic E-state index is 0.0835. The largest absolute Gasteiger partial charge is 0.369 e. The lowest BCUT2D eigenvalue weighted by atomic mass is 9.86. The van der Waals surface area contributed by atoms with E-state index in [0.29, 0.717) is 16.7 Å². The standard InChI is InChI=1S/C22H14N2O3/c23-16-18-15-21(24(26)27)12-11-17(18)13-14-22(25,19-7-3-1-4-8-19)20-9-5-2-6-10-20/h1-12,15,25H. The molecule has 1 N–H and O–H groups in total. The van der Waals surface area contributed by atoms with E-state index in [4.69, 9.17) is 0 Å². The third-order valence-corrected chi connectivity index (χ3v) is 4.10. The van der Waals surface area contributed by atoms with E-state index in [0.717, 1.165) is 0 Å². The fourth-order valence-corrected chi connectivity index (χ4v) is 2.67. The van der Waals surface area contributed by atoms with Crippen molar-refractivity contribution in [1.29, 1.82) is 5.26 Å². The van der Waals surface area contributed by atoms with E-state index in [2.05, 4.69) is 11.8 Å². The number of benzene rings is 3. The number of non-ortho nitro benzene ring substituents is 1. The molecule has 5 nitrogen and oxygen atoms in total. The van der Waals surface area contributed by atoms with E-state index in [1.165, 1.54) is 18.2 Å². The van der Waals surface area contributed by atoms with Crippen LogP contribution in [0.15, 0.2) is 78.9 Å². The van der Waals surface area contributed by atoms with Crippen molar-refractivity contribution in [3.8, 4) is 17.9 Å². The molecular weight excluding hydrogens is 340 g/mol. The van der Waals surface area contributed by atoms with Gasteiger partial charge in [-0.2, -0.15) is 5.26 Å². The molecule has 0 saturated heterocycles. The summed E-state index contributed by atoms with van der Waals surface area (Å²) in [5, 5.41) is 31.5. The monoisotopic (exact) mass is 354 g/mol. The normalized spacial score (nSPS) is 10.4. The molecule has 0 saturated carbocycles. The second kappa shape index (κ2) is 7.53. The van der Waals surface area contributed by atoms with E-state index in [-0.39, 0.29) is 11.3 Å². The molecule has 0 amide bonds. The average molecular weight is 354 g/mol. The van der Waals surface area contributed by atoms with Gasteiger partial charge >= 0.3 is 0 Å². The van der Waals surface area contributed by atoms with Crippen molar-refractivity contribution in [1.82, 2.24) is 0 Å². The van der Waals surface area contributed by atoms with E-state index in [9.17, 15) is 20.5 Å². The molecule has 5 heteroatoms. The molecule has 27 heavy (non-hydrogen) atoms. The highest BCUT2D eigenvalue weighted by molar-refractivity contribution is 5.55. The molecule has 130 valence electrons. The second-order valence-corrected chi connectivity index (χ2v) is 5.79. The van der Waals surface area contributed by atoms with Crippen molar-refractivity contribution in [2.75, 3.05) is 0 Å². The molecule has 0 heterocycles. The zero-order chi connectivity index (χ0) is 19.3. The molecule has 0 aliphatic rings. The molecule has 0 aromatic heterocycles. The molecular formula is C22H14N2O3. The first kappa shape index (κ1) is 17.9. The Bertz CT molecular complexity index is 1040. The van der Waals surface area contributed by atoms with Gasteiger partial charge in [-0.3, -0.25) is 10.1 Å². The van der Waals surface area contributed by atoms with Crippen LogP contribution < -0.4 is 0 Å². The molecule has 0 radical (unpaired) electrons. The maximum atomic E-state index is 11.4. The summed E-state index contributed by atoms with van der Waals surface area (Å²) in [6, 6.07) is 23.8. The molecule has 0 fully saturated rings. The predicted molar refractivity (Wildman–Crippen MR) is 101 cm³/mol. The maximum Gasteiger partial charge on any atom is 0.270 e. The van der Waals surface area contributed by atoms with Gasteiger partial charge in [0, 0.05) is 28.8 Å². The van der Waals surface area contributed by atoms with Crippen LogP contribution in [0.1, 0.15) is 22.3 Å². The first-order valence-corrected chi connectivity index (χ1v) is 8.10. The summed E-state index contributed by atoms with van der Waals surface area (Å²) in [6.45, 7) is 0. The van der Waals surface area contributed by atoms with Crippen molar-refractivity contribution in [2.24, 2.45) is 0 Å². The highest BCUT2D eigenvalue weighted by Crippen LogP contribution is 2.29. The number of nitrogens with zero attached hydrogens (tertiary/aromatic N) is 2. The number of nitro benzene ring substituents is 1. The summed E-state index contributed by atoms with van der Waals surface area (Å²) in [7, 11) is 0. The van der Waals surface area contributed by atoms with Crippen molar-refractivity contribution in [2.45, 2.75) is 5.60 Å². The third kappa shape index (κ3) is 3.69. The highest BCUT2D eigenvalue weighted by atomic mass is 16.6. The van der Waals surface area contributed by atoms with Gasteiger partial charge in [0.05, 0.1) is 10.5 Å². The number of hydrogen-bond donors (Lipinski definition) is 1. The van der Waals surface area contributed by atoms with Crippen LogP contribution in [0.25, 0.3) is 0 Å². The molecule has 0 aliphatic heterocycles. The minimum atomic E-state index is -1.59. The Kier molecular flexibility index (Phi) is 4.99. The van der Waals surface area contributed by atoms with Gasteiger partial charge in [0.25, 0.3) is 5.69 Å². The average Bonchev–Trinajstić information content (AvgIpc) is 2.73. The van der Waals surface area contributed by atoms with Crippen molar-refractivity contribution in [3.05, 3.63) is 111 Å². The van der Waals surface area contributed by atoms with Crippen LogP contribution in [0.2, 0.25) is 0 Å². The zero-order valence-electron chi connectivity index (χ0n) is 14.2. The number of nitriles is 1. The van der Waals surface area contributed by atoms with Gasteiger partial charge < -0.3 is 5.11 Å². The number of aliphatic hydroxyl groups is 1. The van der Waals surface area contributed by atoms with Crippen LogP contribution in [-0.2, 0) is 5.60 Å². The zero-order valence-corrected chi connectivity index (χ0v) is 14.2. The molecule has 0 spiro atoms. The Morgan fingerprint density at radius 1 is 0.889 bits per heavy atom. The van der Waals surface area contributed by atoms with Crippen molar-refractivity contribution >= 4 is 5.69 Å². The van der Waals surface area contributed by atoms with Crippen LogP contribution in [0, 0.1) is 33.3 Å². The molecule has 0 bridgehead atoms. The van der Waals surface area contributed by atoms with Gasteiger partial charge in [-0.25, -0.2) is 0 Å². The first-order valence-electron chi connectivity index (χ1n) is 8.10. The fraction of sp³-hybridized carbons (Fsp3) is 0.0455. The molecule has 0 aliphatic carbocycles. The Labute approximate surface area is 156 Å². The smallest absolute Gasteiger partial charge is 0.270 e. The van der Waals surface area contributed by atoms with Crippen LogP contribution in [-0.4, -0.2) is 10.0 Å². The van der Waals surface area contributed by atoms with Gasteiger partial charge in [-0.05, 0) is 6.07 Å². The Morgan fingerprint density at radius 2 is 1.44 bits per heavy atom. The summed E-state index contributed by atoms with van der Waals surface area (Å²) in [6.07, 6.45) is 0. The predicted octanol–water partition coefficient (Wildman–Crippen LogP) is 3.75. The Hall–Kier alpha value is -3.93. The second-order valence-electron chi connectivity index (χ2n) is 5.79. The molecule has 3 aromatic carbocycles. The topological polar surface area (TPSA) is 87.2 Å². The van der Waals surface area contributed by atoms with E-state index >= 15 is 0 Å². The number of hydrogen-bond acceptors (Lipinski definition) is 4. The SMILES string of the molecule is N#Cc1cc([N+](=O)[O-])ccc1C#CC(O)(c1ccccc1)c1ccccc1. The minimum Gasteiger partial charge on any atom is -0.369 e. The van der Waals surface area contributed by atoms with Crippen LogP contribution in [0.3, 0.4) is 0 Å². The number of nitro groups is 1. The van der Waals surface area contributed by atoms with Gasteiger partial charge in [-0.15, -0.1) is 0 Å². The van der Waals surface area contributed by atoms with Gasteiger partial charge in [0.1, 0.15) is 6.07 Å². The quantitative estimate of drug-likeness (QED) is 0.441. The third-order valence-electron chi connectivity index (χ3n) is 4.10. The lowest BCUT2D eigenvalue weighted by Gasteiger charge is -2.23. The molecule has 0 atom stereocenters. The number of rotatable bonds is 3. The summed E-state index contributed by atoms with van der Waals surface area (Å²) in [4.78, 5) is 10.3. The summed E-state index contributed by atoms with van der Waals surface area (Å²) < 4.78 is 0. The lowest BCUT2D eigenvalue weighted by Crippen LogP contribution is -2.25. The van der Waals surface area contributed by atoms with Crippen molar-refractivity contribution < 1.29 is 10.0 Å².